The normalized spacial score (nSPS) is 11.6. The van der Waals surface area contributed by atoms with Gasteiger partial charge in [0.15, 0.2) is 0 Å². The monoisotopic (exact) mass is 510 g/mol. The number of hydrogen-bond donors (Lipinski definition) is 1. The van der Waals surface area contributed by atoms with Crippen molar-refractivity contribution >= 4 is 12.6 Å². The van der Waals surface area contributed by atoms with Crippen molar-refractivity contribution in [3.63, 3.8) is 0 Å². The number of rotatable bonds is 30. The standard InChI is InChI=1S/C26H54O7S/c1-26(2)33-24-23-32-22-21-31-20-19-30-18-17-29-16-15-28-14-13-27-12-10-8-6-4-3-5-7-9-11-25-34/h26,34H,3-25H2,1-2H3. The minimum absolute atomic E-state index is 0.246. The topological polar surface area (TPSA) is 64.6 Å². The van der Waals surface area contributed by atoms with Gasteiger partial charge in [-0.3, -0.25) is 0 Å². The van der Waals surface area contributed by atoms with Crippen molar-refractivity contribution in [1.82, 2.24) is 0 Å². The maximum absolute atomic E-state index is 5.62. The predicted octanol–water partition coefficient (Wildman–Crippen LogP) is 4.95. The Morgan fingerprint density at radius 1 is 0.382 bits per heavy atom. The molecule has 0 aromatic rings. The molecule has 8 heteroatoms. The molecule has 0 atom stereocenters. The molecule has 0 saturated carbocycles. The van der Waals surface area contributed by atoms with E-state index in [0.717, 1.165) is 18.8 Å². The molecule has 0 N–H and O–H groups in total. The quantitative estimate of drug-likeness (QED) is 0.108. The summed E-state index contributed by atoms with van der Waals surface area (Å²) in [6, 6.07) is 0. The van der Waals surface area contributed by atoms with Crippen molar-refractivity contribution in [1.29, 1.82) is 0 Å². The van der Waals surface area contributed by atoms with Crippen molar-refractivity contribution in [2.45, 2.75) is 77.7 Å². The first-order valence-corrected chi connectivity index (χ1v) is 14.1. The van der Waals surface area contributed by atoms with Gasteiger partial charge in [0.1, 0.15) is 0 Å². The van der Waals surface area contributed by atoms with Crippen molar-refractivity contribution in [2.75, 3.05) is 91.6 Å². The molecule has 0 amide bonds. The van der Waals surface area contributed by atoms with Gasteiger partial charge in [0, 0.05) is 6.61 Å². The summed E-state index contributed by atoms with van der Waals surface area (Å²) < 4.78 is 38.3. The molecule has 7 nitrogen and oxygen atoms in total. The predicted molar refractivity (Wildman–Crippen MR) is 141 cm³/mol. The van der Waals surface area contributed by atoms with Crippen LogP contribution in [0.1, 0.15) is 71.6 Å². The summed E-state index contributed by atoms with van der Waals surface area (Å²) in [5, 5.41) is 0. The lowest BCUT2D eigenvalue weighted by Crippen LogP contribution is -2.15. The second-order valence-electron chi connectivity index (χ2n) is 8.50. The Kier molecular flexibility index (Phi) is 31.2. The lowest BCUT2D eigenvalue weighted by molar-refractivity contribution is -0.0238. The summed E-state index contributed by atoms with van der Waals surface area (Å²) in [5.74, 6) is 1.03. The lowest BCUT2D eigenvalue weighted by Gasteiger charge is -2.09. The van der Waals surface area contributed by atoms with E-state index in [0.29, 0.717) is 79.3 Å². The van der Waals surface area contributed by atoms with Crippen LogP contribution in [0.25, 0.3) is 0 Å². The van der Waals surface area contributed by atoms with Gasteiger partial charge in [0.05, 0.1) is 85.4 Å². The molecule has 0 fully saturated rings. The fraction of sp³-hybridized carbons (Fsp3) is 1.00. The molecule has 0 bridgehead atoms. The Labute approximate surface area is 215 Å². The maximum Gasteiger partial charge on any atom is 0.0703 e. The van der Waals surface area contributed by atoms with Crippen LogP contribution in [0.15, 0.2) is 0 Å². The van der Waals surface area contributed by atoms with Crippen molar-refractivity contribution in [2.24, 2.45) is 0 Å². The van der Waals surface area contributed by atoms with Gasteiger partial charge in [-0.15, -0.1) is 0 Å². The first-order chi connectivity index (χ1) is 16.8. The Hall–Kier alpha value is 0.0700. The number of hydrogen-bond acceptors (Lipinski definition) is 8. The van der Waals surface area contributed by atoms with Gasteiger partial charge in [0.2, 0.25) is 0 Å². The molecule has 0 heterocycles. The summed E-state index contributed by atoms with van der Waals surface area (Å²) in [6.45, 7) is 11.9. The second kappa shape index (κ2) is 31.1. The minimum atomic E-state index is 0.246. The molecule has 0 aliphatic carbocycles. The van der Waals surface area contributed by atoms with Crippen molar-refractivity contribution < 1.29 is 33.2 Å². The van der Waals surface area contributed by atoms with Crippen LogP contribution in [0.3, 0.4) is 0 Å². The van der Waals surface area contributed by atoms with Gasteiger partial charge < -0.3 is 33.2 Å². The minimum Gasteiger partial charge on any atom is -0.379 e. The van der Waals surface area contributed by atoms with Crippen LogP contribution in [-0.4, -0.2) is 97.7 Å². The average molecular weight is 511 g/mol. The van der Waals surface area contributed by atoms with Crippen LogP contribution in [0.2, 0.25) is 0 Å². The highest BCUT2D eigenvalue weighted by Gasteiger charge is 1.96. The zero-order chi connectivity index (χ0) is 24.8. The Bertz CT molecular complexity index is 362. The smallest absolute Gasteiger partial charge is 0.0703 e. The van der Waals surface area contributed by atoms with Crippen LogP contribution < -0.4 is 0 Å². The third-order valence-electron chi connectivity index (χ3n) is 4.99. The number of ether oxygens (including phenoxy) is 7. The molecule has 0 aliphatic heterocycles. The van der Waals surface area contributed by atoms with E-state index in [1.165, 1.54) is 51.4 Å². The van der Waals surface area contributed by atoms with E-state index in [1.807, 2.05) is 13.8 Å². The first-order valence-electron chi connectivity index (χ1n) is 13.5. The molecule has 0 aromatic heterocycles. The number of unbranched alkanes of at least 4 members (excludes halogenated alkanes) is 8. The molecule has 0 radical (unpaired) electrons. The highest BCUT2D eigenvalue weighted by atomic mass is 32.1. The lowest BCUT2D eigenvalue weighted by atomic mass is 10.1. The number of thiol groups is 1. The summed E-state index contributed by atoms with van der Waals surface area (Å²) in [4.78, 5) is 0. The van der Waals surface area contributed by atoms with Crippen molar-refractivity contribution in [3.8, 4) is 0 Å². The first kappa shape index (κ1) is 34.1. The molecule has 0 saturated heterocycles. The second-order valence-corrected chi connectivity index (χ2v) is 8.95. The van der Waals surface area contributed by atoms with Gasteiger partial charge in [-0.25, -0.2) is 0 Å². The summed E-state index contributed by atoms with van der Waals surface area (Å²) in [6.07, 6.45) is 12.0. The molecule has 0 unspecified atom stereocenters. The fourth-order valence-electron chi connectivity index (χ4n) is 3.10. The Morgan fingerprint density at radius 3 is 1.03 bits per heavy atom. The maximum atomic E-state index is 5.62. The highest BCUT2D eigenvalue weighted by Crippen LogP contribution is 2.10. The Morgan fingerprint density at radius 2 is 0.676 bits per heavy atom. The van der Waals surface area contributed by atoms with Gasteiger partial charge in [-0.2, -0.15) is 12.6 Å². The van der Waals surface area contributed by atoms with Gasteiger partial charge in [-0.05, 0) is 32.4 Å². The van der Waals surface area contributed by atoms with E-state index in [-0.39, 0.29) is 6.10 Å². The SMILES string of the molecule is CC(C)OCCOCCOCCOCCOCCOCCOCCCCCCCCCCCS. The van der Waals surface area contributed by atoms with Crippen LogP contribution in [0.5, 0.6) is 0 Å². The molecule has 0 spiro atoms. The highest BCUT2D eigenvalue weighted by molar-refractivity contribution is 7.80. The summed E-state index contributed by atoms with van der Waals surface area (Å²) >= 11 is 4.25. The van der Waals surface area contributed by atoms with Crippen LogP contribution in [-0.2, 0) is 33.2 Å². The zero-order valence-corrected chi connectivity index (χ0v) is 23.0. The summed E-state index contributed by atoms with van der Waals surface area (Å²) in [5.41, 5.74) is 0. The molecule has 0 rings (SSSR count). The average Bonchev–Trinajstić information content (AvgIpc) is 2.83. The van der Waals surface area contributed by atoms with Crippen LogP contribution in [0, 0.1) is 0 Å². The molecule has 34 heavy (non-hydrogen) atoms. The van der Waals surface area contributed by atoms with Crippen molar-refractivity contribution in [3.05, 3.63) is 0 Å². The van der Waals surface area contributed by atoms with Gasteiger partial charge in [-0.1, -0.05) is 44.9 Å². The van der Waals surface area contributed by atoms with E-state index in [1.54, 1.807) is 0 Å². The molecule has 206 valence electrons. The van der Waals surface area contributed by atoms with E-state index in [2.05, 4.69) is 12.6 Å². The van der Waals surface area contributed by atoms with E-state index < -0.39 is 0 Å². The van der Waals surface area contributed by atoms with Crippen LogP contribution >= 0.6 is 12.6 Å². The Balaban J connectivity index is 3.00. The third kappa shape index (κ3) is 32.1. The van der Waals surface area contributed by atoms with E-state index in [9.17, 15) is 0 Å². The largest absolute Gasteiger partial charge is 0.379 e. The zero-order valence-electron chi connectivity index (χ0n) is 22.1. The molecular formula is C26H54O7S. The van der Waals surface area contributed by atoms with Gasteiger partial charge >= 0.3 is 0 Å². The molecular weight excluding hydrogens is 456 g/mol. The fourth-order valence-corrected chi connectivity index (χ4v) is 3.32. The van der Waals surface area contributed by atoms with E-state index >= 15 is 0 Å². The molecule has 0 aromatic carbocycles. The third-order valence-corrected chi connectivity index (χ3v) is 5.30. The van der Waals surface area contributed by atoms with Crippen LogP contribution in [0.4, 0.5) is 0 Å². The molecule has 0 aliphatic rings. The van der Waals surface area contributed by atoms with Gasteiger partial charge in [0.25, 0.3) is 0 Å². The van der Waals surface area contributed by atoms with E-state index in [4.69, 9.17) is 33.2 Å². The summed E-state index contributed by atoms with van der Waals surface area (Å²) in [7, 11) is 0.